The quantitative estimate of drug-likeness (QED) is 0.509. The fourth-order valence-electron chi connectivity index (χ4n) is 1.63. The lowest BCUT2D eigenvalue weighted by molar-refractivity contribution is 0.480. The Morgan fingerprint density at radius 2 is 2.12 bits per heavy atom. The first-order valence-electron chi connectivity index (χ1n) is 5.04. The van der Waals surface area contributed by atoms with Crippen molar-refractivity contribution in [1.82, 2.24) is 9.97 Å². The molecule has 0 fully saturated rings. The number of anilines is 1. The molecule has 2 aromatic heterocycles. The van der Waals surface area contributed by atoms with Crippen LogP contribution >= 0.6 is 11.3 Å². The number of pyridine rings is 1. The Bertz CT molecular complexity index is 660. The standard InChI is InChI=1S/C12H9N3OS/c13-8-3-1-2-7(11(8)16)12-15-9-6-14-5-4-10(9)17-12/h1-6,16H,13H2. The number of nitrogen functional groups attached to an aromatic ring is 1. The van der Waals surface area contributed by atoms with Gasteiger partial charge in [-0.3, -0.25) is 4.98 Å². The lowest BCUT2D eigenvalue weighted by atomic mass is 10.2. The molecule has 0 aliphatic rings. The molecule has 3 aromatic rings. The molecule has 0 spiro atoms. The summed E-state index contributed by atoms with van der Waals surface area (Å²) in [6.07, 6.45) is 3.43. The Hall–Kier alpha value is -2.14. The van der Waals surface area contributed by atoms with E-state index < -0.39 is 0 Å². The Balaban J connectivity index is 2.24. The third kappa shape index (κ3) is 1.60. The molecule has 5 heteroatoms. The lowest BCUT2D eigenvalue weighted by Gasteiger charge is -2.02. The van der Waals surface area contributed by atoms with Gasteiger partial charge in [-0.1, -0.05) is 6.07 Å². The van der Waals surface area contributed by atoms with Crippen LogP contribution in [-0.2, 0) is 0 Å². The van der Waals surface area contributed by atoms with Gasteiger partial charge in [-0.05, 0) is 18.2 Å². The fourth-order valence-corrected chi connectivity index (χ4v) is 2.59. The molecule has 4 nitrogen and oxygen atoms in total. The van der Waals surface area contributed by atoms with Gasteiger partial charge in [0, 0.05) is 6.20 Å². The molecule has 1 aromatic carbocycles. The van der Waals surface area contributed by atoms with Gasteiger partial charge in [0.2, 0.25) is 0 Å². The van der Waals surface area contributed by atoms with E-state index >= 15 is 0 Å². The van der Waals surface area contributed by atoms with Gasteiger partial charge in [0.1, 0.15) is 16.3 Å². The molecule has 0 saturated heterocycles. The van der Waals surface area contributed by atoms with E-state index in [1.54, 1.807) is 30.6 Å². The zero-order valence-corrected chi connectivity index (χ0v) is 9.61. The Labute approximate surface area is 101 Å². The van der Waals surface area contributed by atoms with Crippen molar-refractivity contribution in [2.24, 2.45) is 0 Å². The van der Waals surface area contributed by atoms with Crippen LogP contribution in [0.15, 0.2) is 36.7 Å². The summed E-state index contributed by atoms with van der Waals surface area (Å²) >= 11 is 1.51. The maximum atomic E-state index is 9.90. The van der Waals surface area contributed by atoms with E-state index in [-0.39, 0.29) is 5.75 Å². The summed E-state index contributed by atoms with van der Waals surface area (Å²) in [7, 11) is 0. The highest BCUT2D eigenvalue weighted by Gasteiger charge is 2.11. The number of aromatic hydroxyl groups is 1. The van der Waals surface area contributed by atoms with Crippen LogP contribution in [0, 0.1) is 0 Å². The van der Waals surface area contributed by atoms with Gasteiger partial charge in [-0.25, -0.2) is 4.98 Å². The molecule has 3 rings (SSSR count). The van der Waals surface area contributed by atoms with Gasteiger partial charge in [-0.2, -0.15) is 0 Å². The smallest absolute Gasteiger partial charge is 0.148 e. The Kier molecular flexibility index (Phi) is 2.19. The second-order valence-corrected chi connectivity index (χ2v) is 4.64. The van der Waals surface area contributed by atoms with Crippen LogP contribution in [0.3, 0.4) is 0 Å². The van der Waals surface area contributed by atoms with E-state index in [2.05, 4.69) is 9.97 Å². The molecule has 0 amide bonds. The Morgan fingerprint density at radius 3 is 2.94 bits per heavy atom. The van der Waals surface area contributed by atoms with Crippen molar-refractivity contribution in [1.29, 1.82) is 0 Å². The van der Waals surface area contributed by atoms with E-state index in [0.717, 1.165) is 15.2 Å². The van der Waals surface area contributed by atoms with Crippen molar-refractivity contribution in [3.8, 4) is 16.3 Å². The number of aromatic nitrogens is 2. The monoisotopic (exact) mass is 243 g/mol. The normalized spacial score (nSPS) is 10.8. The van der Waals surface area contributed by atoms with Gasteiger partial charge in [-0.15, -0.1) is 11.3 Å². The molecule has 3 N–H and O–H groups in total. The number of rotatable bonds is 1. The van der Waals surface area contributed by atoms with Crippen LogP contribution in [0.5, 0.6) is 5.75 Å². The largest absolute Gasteiger partial charge is 0.505 e. The molecular formula is C12H9N3OS. The van der Waals surface area contributed by atoms with Crippen LogP contribution in [0.25, 0.3) is 20.8 Å². The Morgan fingerprint density at radius 1 is 1.24 bits per heavy atom. The van der Waals surface area contributed by atoms with Crippen molar-refractivity contribution in [2.45, 2.75) is 0 Å². The molecular weight excluding hydrogens is 234 g/mol. The van der Waals surface area contributed by atoms with E-state index in [9.17, 15) is 5.11 Å². The van der Waals surface area contributed by atoms with Crippen molar-refractivity contribution >= 4 is 27.2 Å². The summed E-state index contributed by atoms with van der Waals surface area (Å²) in [5.41, 5.74) is 7.51. The highest BCUT2D eigenvalue weighted by molar-refractivity contribution is 7.21. The molecule has 17 heavy (non-hydrogen) atoms. The summed E-state index contributed by atoms with van der Waals surface area (Å²) in [5, 5.41) is 10.7. The van der Waals surface area contributed by atoms with E-state index in [1.165, 1.54) is 11.3 Å². The molecule has 0 unspecified atom stereocenters. The number of nitrogens with two attached hydrogens (primary N) is 1. The average Bonchev–Trinajstić information content (AvgIpc) is 2.76. The predicted octanol–water partition coefficient (Wildman–Crippen LogP) is 2.65. The van der Waals surface area contributed by atoms with Crippen LogP contribution in [0.2, 0.25) is 0 Å². The van der Waals surface area contributed by atoms with E-state index in [0.29, 0.717) is 11.3 Å². The highest BCUT2D eigenvalue weighted by atomic mass is 32.1. The van der Waals surface area contributed by atoms with Gasteiger partial charge >= 0.3 is 0 Å². The molecule has 0 aliphatic heterocycles. The lowest BCUT2D eigenvalue weighted by Crippen LogP contribution is -1.87. The van der Waals surface area contributed by atoms with E-state index in [1.807, 2.05) is 6.07 Å². The number of fused-ring (bicyclic) bond motifs is 1. The zero-order valence-electron chi connectivity index (χ0n) is 8.79. The molecule has 84 valence electrons. The second-order valence-electron chi connectivity index (χ2n) is 3.61. The molecule has 0 radical (unpaired) electrons. The number of thiazole rings is 1. The third-order valence-electron chi connectivity index (χ3n) is 2.49. The number of para-hydroxylation sites is 1. The van der Waals surface area contributed by atoms with Crippen LogP contribution in [0.4, 0.5) is 5.69 Å². The van der Waals surface area contributed by atoms with Crippen molar-refractivity contribution < 1.29 is 5.11 Å². The number of hydrogen-bond acceptors (Lipinski definition) is 5. The van der Waals surface area contributed by atoms with E-state index in [4.69, 9.17) is 5.73 Å². The van der Waals surface area contributed by atoms with Crippen molar-refractivity contribution in [3.05, 3.63) is 36.7 Å². The summed E-state index contributed by atoms with van der Waals surface area (Å²) in [5.74, 6) is 0.0829. The van der Waals surface area contributed by atoms with Crippen molar-refractivity contribution in [2.75, 3.05) is 5.73 Å². The number of nitrogens with zero attached hydrogens (tertiary/aromatic N) is 2. The second kappa shape index (κ2) is 3.71. The summed E-state index contributed by atoms with van der Waals surface area (Å²) < 4.78 is 1.04. The highest BCUT2D eigenvalue weighted by Crippen LogP contribution is 2.37. The minimum Gasteiger partial charge on any atom is -0.505 e. The van der Waals surface area contributed by atoms with Gasteiger partial charge in [0.25, 0.3) is 0 Å². The summed E-state index contributed by atoms with van der Waals surface area (Å²) in [4.78, 5) is 8.44. The topological polar surface area (TPSA) is 72.0 Å². The zero-order chi connectivity index (χ0) is 11.8. The maximum Gasteiger partial charge on any atom is 0.148 e. The predicted molar refractivity (Wildman–Crippen MR) is 68.9 cm³/mol. The first kappa shape index (κ1) is 10.0. The molecule has 0 atom stereocenters. The third-order valence-corrected chi connectivity index (χ3v) is 3.56. The van der Waals surface area contributed by atoms with Crippen LogP contribution < -0.4 is 5.73 Å². The van der Waals surface area contributed by atoms with Gasteiger partial charge < -0.3 is 10.8 Å². The number of phenols is 1. The van der Waals surface area contributed by atoms with Gasteiger partial charge in [0.15, 0.2) is 0 Å². The summed E-state index contributed by atoms with van der Waals surface area (Å²) in [6, 6.07) is 7.17. The SMILES string of the molecule is Nc1cccc(-c2nc3cnccc3s2)c1O. The number of benzene rings is 1. The number of hydrogen-bond donors (Lipinski definition) is 2. The minimum atomic E-state index is 0.0829. The van der Waals surface area contributed by atoms with Crippen molar-refractivity contribution in [3.63, 3.8) is 0 Å². The average molecular weight is 243 g/mol. The first-order chi connectivity index (χ1) is 8.25. The molecule has 2 heterocycles. The van der Waals surface area contributed by atoms with Gasteiger partial charge in [0.05, 0.1) is 22.1 Å². The maximum absolute atomic E-state index is 9.90. The van der Waals surface area contributed by atoms with Crippen LogP contribution in [-0.4, -0.2) is 15.1 Å². The summed E-state index contributed by atoms with van der Waals surface area (Å²) in [6.45, 7) is 0. The molecule has 0 bridgehead atoms. The van der Waals surface area contributed by atoms with Crippen LogP contribution in [0.1, 0.15) is 0 Å². The fraction of sp³-hybridized carbons (Fsp3) is 0. The number of phenolic OH excluding ortho intramolecular Hbond substituents is 1. The minimum absolute atomic E-state index is 0.0829. The molecule has 0 saturated carbocycles. The molecule has 0 aliphatic carbocycles. The first-order valence-corrected chi connectivity index (χ1v) is 5.86.